The standard InChI is InChI=1S/C23H16ClFN4OS/c24-19-9-5-4-8-17(19)14-26-29-23-27-20(15-10-12-18(25)13-11-15)22(31-23)28-21(30)16-6-2-1-3-7-16/h1-14H,(H,27,29)(H,28,30)/b26-14+. The van der Waals surface area contributed by atoms with E-state index in [2.05, 4.69) is 20.8 Å². The van der Waals surface area contributed by atoms with E-state index in [0.29, 0.717) is 32.0 Å². The fourth-order valence-electron chi connectivity index (χ4n) is 2.76. The van der Waals surface area contributed by atoms with Gasteiger partial charge in [-0.1, -0.05) is 59.3 Å². The molecule has 1 amide bonds. The third kappa shape index (κ3) is 5.14. The fraction of sp³-hybridized carbons (Fsp3) is 0. The van der Waals surface area contributed by atoms with E-state index in [1.54, 1.807) is 48.7 Å². The normalized spacial score (nSPS) is 10.9. The maximum absolute atomic E-state index is 13.4. The average molecular weight is 451 g/mol. The number of carbonyl (C=O) groups excluding carboxylic acids is 1. The van der Waals surface area contributed by atoms with Gasteiger partial charge in [0.2, 0.25) is 5.13 Å². The first-order chi connectivity index (χ1) is 15.1. The van der Waals surface area contributed by atoms with Crippen LogP contribution in [0.15, 0.2) is 84.0 Å². The van der Waals surface area contributed by atoms with Crippen molar-refractivity contribution in [1.29, 1.82) is 0 Å². The lowest BCUT2D eigenvalue weighted by Crippen LogP contribution is -2.11. The number of amides is 1. The maximum Gasteiger partial charge on any atom is 0.256 e. The Bertz CT molecular complexity index is 1230. The predicted molar refractivity (Wildman–Crippen MR) is 125 cm³/mol. The average Bonchev–Trinajstić information content (AvgIpc) is 3.18. The summed E-state index contributed by atoms with van der Waals surface area (Å²) in [7, 11) is 0. The summed E-state index contributed by atoms with van der Waals surface area (Å²) in [5.41, 5.74) is 5.33. The highest BCUT2D eigenvalue weighted by molar-refractivity contribution is 7.20. The Morgan fingerprint density at radius 2 is 1.71 bits per heavy atom. The molecule has 0 radical (unpaired) electrons. The fourth-order valence-corrected chi connectivity index (χ4v) is 3.77. The van der Waals surface area contributed by atoms with Crippen LogP contribution in [-0.4, -0.2) is 17.1 Å². The van der Waals surface area contributed by atoms with Crippen LogP contribution in [0.25, 0.3) is 11.3 Å². The van der Waals surface area contributed by atoms with Crippen LogP contribution in [-0.2, 0) is 0 Å². The van der Waals surface area contributed by atoms with E-state index in [0.717, 1.165) is 5.56 Å². The van der Waals surface area contributed by atoms with E-state index < -0.39 is 0 Å². The van der Waals surface area contributed by atoms with E-state index in [1.807, 2.05) is 24.3 Å². The molecular weight excluding hydrogens is 435 g/mol. The Hall–Kier alpha value is -3.55. The first kappa shape index (κ1) is 20.7. The monoisotopic (exact) mass is 450 g/mol. The number of hydrazone groups is 1. The highest BCUT2D eigenvalue weighted by atomic mass is 35.5. The second kappa shape index (κ2) is 9.51. The summed E-state index contributed by atoms with van der Waals surface area (Å²) in [5, 5.41) is 8.64. The van der Waals surface area contributed by atoms with Gasteiger partial charge in [-0.3, -0.25) is 10.2 Å². The number of nitrogens with zero attached hydrogens (tertiary/aromatic N) is 2. The van der Waals surface area contributed by atoms with Crippen LogP contribution in [0.2, 0.25) is 5.02 Å². The minimum absolute atomic E-state index is 0.265. The number of carbonyl (C=O) groups is 1. The molecule has 8 heteroatoms. The summed E-state index contributed by atoms with van der Waals surface area (Å²) in [6, 6.07) is 22.1. The van der Waals surface area contributed by atoms with Crippen LogP contribution >= 0.6 is 22.9 Å². The van der Waals surface area contributed by atoms with Crippen molar-refractivity contribution in [3.63, 3.8) is 0 Å². The van der Waals surface area contributed by atoms with Gasteiger partial charge in [0.05, 0.1) is 6.21 Å². The predicted octanol–water partition coefficient (Wildman–Crippen LogP) is 6.30. The Morgan fingerprint density at radius 1 is 1.00 bits per heavy atom. The number of hydrogen-bond donors (Lipinski definition) is 2. The summed E-state index contributed by atoms with van der Waals surface area (Å²) < 4.78 is 13.4. The zero-order chi connectivity index (χ0) is 21.6. The van der Waals surface area contributed by atoms with E-state index >= 15 is 0 Å². The molecular formula is C23H16ClFN4OS. The van der Waals surface area contributed by atoms with Crippen molar-refractivity contribution in [2.75, 3.05) is 10.7 Å². The molecule has 1 heterocycles. The van der Waals surface area contributed by atoms with Gasteiger partial charge in [0, 0.05) is 21.7 Å². The van der Waals surface area contributed by atoms with Gasteiger partial charge in [-0.15, -0.1) is 0 Å². The molecule has 3 aromatic carbocycles. The van der Waals surface area contributed by atoms with E-state index in [-0.39, 0.29) is 11.7 Å². The smallest absolute Gasteiger partial charge is 0.256 e. The lowest BCUT2D eigenvalue weighted by atomic mass is 10.1. The van der Waals surface area contributed by atoms with Gasteiger partial charge in [-0.25, -0.2) is 9.37 Å². The second-order valence-electron chi connectivity index (χ2n) is 6.42. The van der Waals surface area contributed by atoms with Gasteiger partial charge in [0.25, 0.3) is 5.91 Å². The Kier molecular flexibility index (Phi) is 6.35. The zero-order valence-corrected chi connectivity index (χ0v) is 17.6. The lowest BCUT2D eigenvalue weighted by Gasteiger charge is -2.05. The Balaban J connectivity index is 1.61. The molecule has 154 valence electrons. The topological polar surface area (TPSA) is 66.4 Å². The third-order valence-corrected chi connectivity index (χ3v) is 5.50. The third-order valence-electron chi connectivity index (χ3n) is 4.28. The largest absolute Gasteiger partial charge is 0.312 e. The molecule has 0 spiro atoms. The van der Waals surface area contributed by atoms with Crippen LogP contribution in [0, 0.1) is 5.82 Å². The van der Waals surface area contributed by atoms with Crippen molar-refractivity contribution >= 4 is 45.2 Å². The molecule has 0 atom stereocenters. The molecule has 0 aliphatic heterocycles. The van der Waals surface area contributed by atoms with E-state index in [9.17, 15) is 9.18 Å². The molecule has 4 aromatic rings. The summed E-state index contributed by atoms with van der Waals surface area (Å²) in [5.74, 6) is -0.615. The lowest BCUT2D eigenvalue weighted by molar-refractivity contribution is 0.102. The molecule has 0 aliphatic carbocycles. The van der Waals surface area contributed by atoms with Gasteiger partial charge < -0.3 is 5.32 Å². The van der Waals surface area contributed by atoms with Crippen LogP contribution in [0.1, 0.15) is 15.9 Å². The number of aromatic nitrogens is 1. The second-order valence-corrected chi connectivity index (χ2v) is 7.82. The number of nitrogens with one attached hydrogen (secondary N) is 2. The van der Waals surface area contributed by atoms with Crippen molar-refractivity contribution in [3.05, 3.63) is 101 Å². The molecule has 4 rings (SSSR count). The molecule has 0 aliphatic rings. The van der Waals surface area contributed by atoms with Gasteiger partial charge in [0.1, 0.15) is 16.5 Å². The van der Waals surface area contributed by atoms with Crippen molar-refractivity contribution in [3.8, 4) is 11.3 Å². The molecule has 0 saturated heterocycles. The number of benzene rings is 3. The molecule has 1 aromatic heterocycles. The van der Waals surface area contributed by atoms with Crippen LogP contribution < -0.4 is 10.7 Å². The first-order valence-corrected chi connectivity index (χ1v) is 10.5. The maximum atomic E-state index is 13.4. The summed E-state index contributed by atoms with van der Waals surface area (Å²) in [6.07, 6.45) is 1.59. The zero-order valence-electron chi connectivity index (χ0n) is 16.0. The molecule has 31 heavy (non-hydrogen) atoms. The summed E-state index contributed by atoms with van der Waals surface area (Å²) >= 11 is 7.36. The minimum atomic E-state index is -0.350. The van der Waals surface area contributed by atoms with Crippen LogP contribution in [0.4, 0.5) is 14.5 Å². The van der Waals surface area contributed by atoms with Crippen molar-refractivity contribution in [1.82, 2.24) is 4.98 Å². The molecule has 0 bridgehead atoms. The van der Waals surface area contributed by atoms with Gasteiger partial charge in [-0.2, -0.15) is 5.10 Å². The molecule has 0 saturated carbocycles. The molecule has 2 N–H and O–H groups in total. The van der Waals surface area contributed by atoms with E-state index in [4.69, 9.17) is 11.6 Å². The van der Waals surface area contributed by atoms with Crippen LogP contribution in [0.3, 0.4) is 0 Å². The van der Waals surface area contributed by atoms with Crippen molar-refractivity contribution in [2.24, 2.45) is 5.10 Å². The summed E-state index contributed by atoms with van der Waals surface area (Å²) in [6.45, 7) is 0. The van der Waals surface area contributed by atoms with Gasteiger partial charge in [-0.05, 0) is 42.5 Å². The minimum Gasteiger partial charge on any atom is -0.312 e. The van der Waals surface area contributed by atoms with Crippen molar-refractivity contribution < 1.29 is 9.18 Å². The Morgan fingerprint density at radius 3 is 2.45 bits per heavy atom. The Labute approximate surface area is 187 Å². The van der Waals surface area contributed by atoms with Crippen LogP contribution in [0.5, 0.6) is 0 Å². The number of halogens is 2. The molecule has 0 unspecified atom stereocenters. The summed E-state index contributed by atoms with van der Waals surface area (Å²) in [4.78, 5) is 17.2. The number of anilines is 2. The molecule has 0 fully saturated rings. The SMILES string of the molecule is O=C(Nc1sc(N/N=C/c2ccccc2Cl)nc1-c1ccc(F)cc1)c1ccccc1. The quantitative estimate of drug-likeness (QED) is 0.267. The molecule has 5 nitrogen and oxygen atoms in total. The number of thiazole rings is 1. The van der Waals surface area contributed by atoms with Crippen molar-refractivity contribution in [2.45, 2.75) is 0 Å². The number of hydrogen-bond acceptors (Lipinski definition) is 5. The highest BCUT2D eigenvalue weighted by Gasteiger charge is 2.16. The first-order valence-electron chi connectivity index (χ1n) is 9.27. The number of rotatable bonds is 6. The van der Waals surface area contributed by atoms with Gasteiger partial charge in [0.15, 0.2) is 0 Å². The van der Waals surface area contributed by atoms with E-state index in [1.165, 1.54) is 23.5 Å². The highest BCUT2D eigenvalue weighted by Crippen LogP contribution is 2.36. The van der Waals surface area contributed by atoms with Gasteiger partial charge >= 0.3 is 0 Å².